The molecule has 0 bridgehead atoms. The summed E-state index contributed by atoms with van der Waals surface area (Å²) < 4.78 is 5.44. The lowest BCUT2D eigenvalue weighted by molar-refractivity contribution is -0.485. The van der Waals surface area contributed by atoms with Gasteiger partial charge in [-0.3, -0.25) is 10.1 Å². The van der Waals surface area contributed by atoms with E-state index in [2.05, 4.69) is 15.6 Å². The van der Waals surface area contributed by atoms with Crippen molar-refractivity contribution in [2.24, 2.45) is 15.9 Å². The van der Waals surface area contributed by atoms with E-state index in [4.69, 9.17) is 21.8 Å². The van der Waals surface area contributed by atoms with E-state index in [-0.39, 0.29) is 22.2 Å². The van der Waals surface area contributed by atoms with E-state index < -0.39 is 15.9 Å². The molecule has 3 N–H and O–H groups in total. The Morgan fingerprint density at radius 1 is 1.29 bits per heavy atom. The highest BCUT2D eigenvalue weighted by Crippen LogP contribution is 2.32. The summed E-state index contributed by atoms with van der Waals surface area (Å²) in [6, 6.07) is 7.01. The average molecular weight is 353 g/mol. The Morgan fingerprint density at radius 2 is 2.04 bits per heavy atom. The molecule has 1 aromatic heterocycles. The number of nitrogens with one attached hydrogen (secondary N) is 1. The van der Waals surface area contributed by atoms with Gasteiger partial charge in [0.1, 0.15) is 16.6 Å². The fourth-order valence-corrected chi connectivity index (χ4v) is 1.87. The molecule has 0 unspecified atom stereocenters. The molecular formula is C12H9ClN6O5. The summed E-state index contributed by atoms with van der Waals surface area (Å²) >= 11 is 6.01. The first-order valence-electron chi connectivity index (χ1n) is 6.18. The molecule has 2 aromatic rings. The van der Waals surface area contributed by atoms with Crippen LogP contribution in [0.5, 0.6) is 0 Å². The Morgan fingerprint density at radius 3 is 2.71 bits per heavy atom. The Bertz CT molecular complexity index is 846. The lowest BCUT2D eigenvalue weighted by Gasteiger charge is -2.00. The number of hydrogen-bond acceptors (Lipinski definition) is 6. The van der Waals surface area contributed by atoms with Crippen molar-refractivity contribution in [3.8, 4) is 11.3 Å². The van der Waals surface area contributed by atoms with E-state index in [0.717, 1.165) is 0 Å². The number of nitrogens with two attached hydrogens (primary N) is 1. The summed E-state index contributed by atoms with van der Waals surface area (Å²) in [5, 5.41) is 26.6. The van der Waals surface area contributed by atoms with E-state index in [1.165, 1.54) is 30.5 Å². The van der Waals surface area contributed by atoms with Crippen LogP contribution in [0.25, 0.3) is 11.3 Å². The van der Waals surface area contributed by atoms with Gasteiger partial charge < -0.3 is 10.2 Å². The molecule has 1 aromatic carbocycles. The van der Waals surface area contributed by atoms with Gasteiger partial charge in [0.05, 0.1) is 16.2 Å². The van der Waals surface area contributed by atoms with Crippen LogP contribution < -0.4 is 11.2 Å². The third-order valence-electron chi connectivity index (χ3n) is 2.61. The first-order chi connectivity index (χ1) is 11.4. The van der Waals surface area contributed by atoms with Crippen molar-refractivity contribution in [3.05, 3.63) is 61.3 Å². The second-order valence-corrected chi connectivity index (χ2v) is 4.62. The highest BCUT2D eigenvalue weighted by Gasteiger charge is 2.14. The quantitative estimate of drug-likeness (QED) is 0.359. The second-order valence-electron chi connectivity index (χ2n) is 4.22. The SMILES string of the molecule is N/C(=N/[N+](=O)[O-])N/N=C/c1ccc(-c2cc([N+](=O)[O-])ccc2Cl)o1. The standard InChI is InChI=1S/C12H9ClN6O5/c13-10-3-1-7(18(20)21)5-9(10)11-4-2-8(24-11)6-15-16-12(14)17-19(22)23/h1-6H,(H3,14,16,17)/b15-6+. The molecule has 11 nitrogen and oxygen atoms in total. The molecule has 0 aliphatic rings. The molecule has 0 radical (unpaired) electrons. The molecule has 0 amide bonds. The number of hydrogen-bond donors (Lipinski definition) is 2. The number of halogens is 1. The van der Waals surface area contributed by atoms with Crippen LogP contribution in [-0.2, 0) is 0 Å². The predicted molar refractivity (Wildman–Crippen MR) is 85.2 cm³/mol. The number of nitro benzene ring substituents is 1. The van der Waals surface area contributed by atoms with Gasteiger partial charge in [-0.15, -0.1) is 0 Å². The number of benzene rings is 1. The second kappa shape index (κ2) is 7.19. The van der Waals surface area contributed by atoms with E-state index in [1.54, 1.807) is 6.07 Å². The van der Waals surface area contributed by atoms with E-state index in [1.807, 2.05) is 0 Å². The van der Waals surface area contributed by atoms with Crippen LogP contribution in [0.3, 0.4) is 0 Å². The summed E-state index contributed by atoms with van der Waals surface area (Å²) in [5.74, 6) is 0.0378. The van der Waals surface area contributed by atoms with Crippen LogP contribution in [-0.4, -0.2) is 22.1 Å². The van der Waals surface area contributed by atoms with Crippen molar-refractivity contribution >= 4 is 29.5 Å². The zero-order chi connectivity index (χ0) is 17.7. The van der Waals surface area contributed by atoms with Gasteiger partial charge in [-0.25, -0.2) is 15.5 Å². The summed E-state index contributed by atoms with van der Waals surface area (Å²) in [4.78, 5) is 20.3. The topological polar surface area (TPSA) is 162 Å². The third-order valence-corrected chi connectivity index (χ3v) is 2.94. The molecule has 1 heterocycles. The van der Waals surface area contributed by atoms with Crippen LogP contribution in [0, 0.1) is 20.2 Å². The zero-order valence-electron chi connectivity index (χ0n) is 11.7. The van der Waals surface area contributed by atoms with Gasteiger partial charge in [0.15, 0.2) is 5.03 Å². The number of hydrazone groups is 2. The molecule has 0 spiro atoms. The first-order valence-corrected chi connectivity index (χ1v) is 6.56. The van der Waals surface area contributed by atoms with Crippen molar-refractivity contribution in [2.45, 2.75) is 0 Å². The molecule has 24 heavy (non-hydrogen) atoms. The average Bonchev–Trinajstić information content (AvgIpc) is 2.95. The maximum atomic E-state index is 10.8. The minimum atomic E-state index is -0.979. The van der Waals surface area contributed by atoms with Crippen molar-refractivity contribution in [2.75, 3.05) is 0 Å². The largest absolute Gasteiger partial charge is 0.455 e. The van der Waals surface area contributed by atoms with Gasteiger partial charge in [0.2, 0.25) is 0 Å². The Hall–Kier alpha value is -3.47. The zero-order valence-corrected chi connectivity index (χ0v) is 12.5. The maximum Gasteiger partial charge on any atom is 0.286 e. The van der Waals surface area contributed by atoms with Gasteiger partial charge in [-0.1, -0.05) is 11.6 Å². The molecule has 2 rings (SSSR count). The van der Waals surface area contributed by atoms with Gasteiger partial charge >= 0.3 is 0 Å². The van der Waals surface area contributed by atoms with E-state index in [9.17, 15) is 20.2 Å². The fourth-order valence-electron chi connectivity index (χ4n) is 1.65. The van der Waals surface area contributed by atoms with Crippen molar-refractivity contribution < 1.29 is 14.4 Å². The fraction of sp³-hybridized carbons (Fsp3) is 0. The van der Waals surface area contributed by atoms with Gasteiger partial charge in [-0.2, -0.15) is 5.10 Å². The first kappa shape index (κ1) is 16.9. The Balaban J connectivity index is 2.18. The van der Waals surface area contributed by atoms with Crippen LogP contribution in [0.2, 0.25) is 5.02 Å². The molecule has 0 aliphatic heterocycles. The minimum absolute atomic E-state index is 0.133. The molecule has 0 saturated heterocycles. The highest BCUT2D eigenvalue weighted by atomic mass is 35.5. The Labute approximate surface area is 138 Å². The summed E-state index contributed by atoms with van der Waals surface area (Å²) in [7, 11) is 0. The highest BCUT2D eigenvalue weighted by molar-refractivity contribution is 6.33. The molecule has 0 atom stereocenters. The number of nitrogens with zero attached hydrogens (tertiary/aromatic N) is 4. The van der Waals surface area contributed by atoms with Gasteiger partial charge in [0, 0.05) is 17.7 Å². The lowest BCUT2D eigenvalue weighted by atomic mass is 10.1. The van der Waals surface area contributed by atoms with Crippen molar-refractivity contribution in [1.82, 2.24) is 5.43 Å². The van der Waals surface area contributed by atoms with E-state index in [0.29, 0.717) is 5.56 Å². The molecular weight excluding hydrogens is 344 g/mol. The third kappa shape index (κ3) is 4.27. The smallest absolute Gasteiger partial charge is 0.286 e. The molecule has 0 saturated carbocycles. The minimum Gasteiger partial charge on any atom is -0.455 e. The normalized spacial score (nSPS) is 11.6. The molecule has 12 heteroatoms. The summed E-state index contributed by atoms with van der Waals surface area (Å²) in [6.45, 7) is 0. The molecule has 0 fully saturated rings. The number of non-ortho nitro benzene ring substituents is 1. The van der Waals surface area contributed by atoms with Gasteiger partial charge in [-0.05, 0) is 18.2 Å². The molecule has 0 aliphatic carbocycles. The number of rotatable bonds is 5. The van der Waals surface area contributed by atoms with Crippen molar-refractivity contribution in [3.63, 3.8) is 0 Å². The van der Waals surface area contributed by atoms with Crippen LogP contribution in [0.4, 0.5) is 5.69 Å². The van der Waals surface area contributed by atoms with Crippen LogP contribution in [0.15, 0.2) is 45.0 Å². The predicted octanol–water partition coefficient (Wildman–Crippen LogP) is 1.94. The van der Waals surface area contributed by atoms with Crippen molar-refractivity contribution in [1.29, 1.82) is 0 Å². The van der Waals surface area contributed by atoms with Crippen LogP contribution >= 0.6 is 11.6 Å². The maximum absolute atomic E-state index is 10.8. The van der Waals surface area contributed by atoms with Gasteiger partial charge in [0.25, 0.3) is 11.6 Å². The molecule has 124 valence electrons. The van der Waals surface area contributed by atoms with E-state index >= 15 is 0 Å². The van der Waals surface area contributed by atoms with Crippen LogP contribution in [0.1, 0.15) is 5.76 Å². The monoisotopic (exact) mass is 352 g/mol. The lowest BCUT2D eigenvalue weighted by Crippen LogP contribution is -2.28. The summed E-state index contributed by atoms with van der Waals surface area (Å²) in [5.41, 5.74) is 7.51. The summed E-state index contributed by atoms with van der Waals surface area (Å²) in [6.07, 6.45) is 1.19. The Kier molecular flexibility index (Phi) is 5.06. The number of furan rings is 1. The number of guanidine groups is 1. The number of nitro groups is 2.